The molecular formula is C13H21N3. The van der Waals surface area contributed by atoms with Crippen molar-refractivity contribution < 1.29 is 0 Å². The van der Waals surface area contributed by atoms with Crippen LogP contribution in [0.3, 0.4) is 0 Å². The lowest BCUT2D eigenvalue weighted by molar-refractivity contribution is 0.350. The van der Waals surface area contributed by atoms with Crippen LogP contribution in [0.4, 0.5) is 11.4 Å². The van der Waals surface area contributed by atoms with Gasteiger partial charge in [-0.25, -0.2) is 0 Å². The van der Waals surface area contributed by atoms with Gasteiger partial charge in [0.25, 0.3) is 0 Å². The molecule has 1 aromatic rings. The molecule has 2 N–H and O–H groups in total. The van der Waals surface area contributed by atoms with Gasteiger partial charge in [-0.1, -0.05) is 0 Å². The molecule has 3 nitrogen and oxygen atoms in total. The fourth-order valence-electron chi connectivity index (χ4n) is 2.35. The van der Waals surface area contributed by atoms with Crippen molar-refractivity contribution in [3.63, 3.8) is 0 Å². The zero-order chi connectivity index (χ0) is 11.5. The van der Waals surface area contributed by atoms with Crippen molar-refractivity contribution in [3.05, 3.63) is 23.8 Å². The van der Waals surface area contributed by atoms with Crippen molar-refractivity contribution in [2.45, 2.75) is 19.8 Å². The number of benzene rings is 1. The summed E-state index contributed by atoms with van der Waals surface area (Å²) in [5.74, 6) is 0. The first-order valence-electron chi connectivity index (χ1n) is 5.96. The van der Waals surface area contributed by atoms with Crippen molar-refractivity contribution in [2.24, 2.45) is 0 Å². The highest BCUT2D eigenvalue weighted by molar-refractivity contribution is 5.59. The van der Waals surface area contributed by atoms with E-state index < -0.39 is 0 Å². The average molecular weight is 219 g/mol. The molecule has 1 fully saturated rings. The predicted octanol–water partition coefficient (Wildman–Crippen LogP) is 2.07. The Morgan fingerprint density at radius 2 is 1.94 bits per heavy atom. The van der Waals surface area contributed by atoms with Crippen LogP contribution >= 0.6 is 0 Å². The average Bonchev–Trinajstić information content (AvgIpc) is 2.43. The Balaban J connectivity index is 2.21. The van der Waals surface area contributed by atoms with Crippen molar-refractivity contribution in [2.75, 3.05) is 37.4 Å². The second-order valence-corrected chi connectivity index (χ2v) is 4.74. The molecule has 0 atom stereocenters. The molecule has 1 aromatic carbocycles. The largest absolute Gasteiger partial charge is 0.399 e. The van der Waals surface area contributed by atoms with E-state index >= 15 is 0 Å². The molecule has 3 heteroatoms. The molecule has 0 unspecified atom stereocenters. The molecule has 0 saturated carbocycles. The van der Waals surface area contributed by atoms with Gasteiger partial charge in [0.1, 0.15) is 0 Å². The third-order valence-corrected chi connectivity index (χ3v) is 3.19. The zero-order valence-corrected chi connectivity index (χ0v) is 10.2. The summed E-state index contributed by atoms with van der Waals surface area (Å²) in [6.45, 7) is 5.50. The predicted molar refractivity (Wildman–Crippen MR) is 69.7 cm³/mol. The van der Waals surface area contributed by atoms with E-state index in [1.807, 2.05) is 6.07 Å². The summed E-state index contributed by atoms with van der Waals surface area (Å²) in [7, 11) is 2.19. The summed E-state index contributed by atoms with van der Waals surface area (Å²) in [6, 6.07) is 6.19. The topological polar surface area (TPSA) is 32.5 Å². The van der Waals surface area contributed by atoms with Gasteiger partial charge in [0.2, 0.25) is 0 Å². The van der Waals surface area contributed by atoms with Crippen molar-refractivity contribution in [1.82, 2.24) is 4.90 Å². The number of hydrogen-bond donors (Lipinski definition) is 1. The Hall–Kier alpha value is -1.22. The number of hydrogen-bond acceptors (Lipinski definition) is 3. The Kier molecular flexibility index (Phi) is 3.34. The molecule has 1 saturated heterocycles. The van der Waals surface area contributed by atoms with Crippen LogP contribution in [0.25, 0.3) is 0 Å². The van der Waals surface area contributed by atoms with Crippen LogP contribution in [0.2, 0.25) is 0 Å². The molecule has 1 aliphatic heterocycles. The van der Waals surface area contributed by atoms with Crippen LogP contribution in [0, 0.1) is 6.92 Å². The van der Waals surface area contributed by atoms with E-state index in [0.29, 0.717) is 0 Å². The first kappa shape index (κ1) is 11.3. The maximum absolute atomic E-state index is 5.79. The van der Waals surface area contributed by atoms with Gasteiger partial charge < -0.3 is 10.6 Å². The van der Waals surface area contributed by atoms with E-state index in [1.54, 1.807) is 0 Å². The summed E-state index contributed by atoms with van der Waals surface area (Å²) in [4.78, 5) is 4.82. The van der Waals surface area contributed by atoms with Crippen LogP contribution in [0.5, 0.6) is 0 Å². The summed E-state index contributed by atoms with van der Waals surface area (Å²) in [5, 5.41) is 0. The molecule has 88 valence electrons. The second-order valence-electron chi connectivity index (χ2n) is 4.74. The second kappa shape index (κ2) is 4.74. The lowest BCUT2D eigenvalue weighted by atomic mass is 10.1. The zero-order valence-electron chi connectivity index (χ0n) is 10.2. The van der Waals surface area contributed by atoms with E-state index in [1.165, 1.54) is 30.6 Å². The molecular weight excluding hydrogens is 198 g/mol. The van der Waals surface area contributed by atoms with Crippen molar-refractivity contribution >= 4 is 11.4 Å². The third-order valence-electron chi connectivity index (χ3n) is 3.19. The van der Waals surface area contributed by atoms with Crippen LogP contribution < -0.4 is 10.6 Å². The van der Waals surface area contributed by atoms with Crippen LogP contribution in [-0.2, 0) is 0 Å². The minimum atomic E-state index is 0.851. The van der Waals surface area contributed by atoms with Gasteiger partial charge in [-0.2, -0.15) is 0 Å². The van der Waals surface area contributed by atoms with Crippen molar-refractivity contribution in [3.8, 4) is 0 Å². The number of nitrogen functional groups attached to an aromatic ring is 1. The summed E-state index contributed by atoms with van der Waals surface area (Å²) in [5.41, 5.74) is 9.23. The summed E-state index contributed by atoms with van der Waals surface area (Å²) >= 11 is 0. The normalized spacial score (nSPS) is 18.5. The first-order valence-corrected chi connectivity index (χ1v) is 5.96. The van der Waals surface area contributed by atoms with E-state index in [4.69, 9.17) is 5.73 Å². The lowest BCUT2D eigenvalue weighted by Gasteiger charge is -2.28. The smallest absolute Gasteiger partial charge is 0.0704 e. The number of anilines is 2. The maximum Gasteiger partial charge on any atom is 0.0704 e. The highest BCUT2D eigenvalue weighted by atomic mass is 15.3. The highest BCUT2D eigenvalue weighted by Crippen LogP contribution is 2.23. The Morgan fingerprint density at radius 1 is 1.19 bits per heavy atom. The van der Waals surface area contributed by atoms with Crippen molar-refractivity contribution in [1.29, 1.82) is 0 Å². The Labute approximate surface area is 97.8 Å². The maximum atomic E-state index is 5.79. The van der Waals surface area contributed by atoms with Gasteiger partial charge in [-0.3, -0.25) is 4.90 Å². The highest BCUT2D eigenvalue weighted by Gasteiger charge is 2.14. The molecule has 16 heavy (non-hydrogen) atoms. The van der Waals surface area contributed by atoms with Gasteiger partial charge in [0.05, 0.1) is 6.67 Å². The molecule has 1 aliphatic rings. The SMILES string of the molecule is Cc1cc(N)ccc1N1CCCCN(C)C1. The molecule has 0 aliphatic carbocycles. The minimum Gasteiger partial charge on any atom is -0.399 e. The molecule has 1 heterocycles. The number of nitrogens with zero attached hydrogens (tertiary/aromatic N) is 2. The van der Waals surface area contributed by atoms with Gasteiger partial charge in [-0.05, 0) is 57.1 Å². The van der Waals surface area contributed by atoms with Crippen LogP contribution in [0.1, 0.15) is 18.4 Å². The summed E-state index contributed by atoms with van der Waals surface area (Å²) < 4.78 is 0. The van der Waals surface area contributed by atoms with Crippen LogP contribution in [-0.4, -0.2) is 31.7 Å². The molecule has 2 rings (SSSR count). The monoisotopic (exact) mass is 219 g/mol. The Morgan fingerprint density at radius 3 is 2.69 bits per heavy atom. The lowest BCUT2D eigenvalue weighted by Crippen LogP contribution is -2.34. The third kappa shape index (κ3) is 2.47. The number of aryl methyl sites for hydroxylation is 1. The van der Waals surface area contributed by atoms with E-state index in [2.05, 4.69) is 35.9 Å². The standard InChI is InChI=1S/C13H21N3/c1-11-9-12(14)5-6-13(11)16-8-4-3-7-15(2)10-16/h5-6,9H,3-4,7-8,10,14H2,1-2H3. The summed E-state index contributed by atoms with van der Waals surface area (Å²) in [6.07, 6.45) is 2.56. The molecule has 0 aromatic heterocycles. The first-order chi connectivity index (χ1) is 7.66. The molecule has 0 amide bonds. The van der Waals surface area contributed by atoms with Crippen LogP contribution in [0.15, 0.2) is 18.2 Å². The quantitative estimate of drug-likeness (QED) is 0.734. The van der Waals surface area contributed by atoms with Gasteiger partial charge >= 0.3 is 0 Å². The van der Waals surface area contributed by atoms with Gasteiger partial charge in [-0.15, -0.1) is 0 Å². The number of rotatable bonds is 1. The molecule has 0 radical (unpaired) electrons. The molecule has 0 bridgehead atoms. The minimum absolute atomic E-state index is 0.851. The van der Waals surface area contributed by atoms with Gasteiger partial charge in [0.15, 0.2) is 0 Å². The number of nitrogens with two attached hydrogens (primary N) is 1. The van der Waals surface area contributed by atoms with E-state index in [0.717, 1.165) is 18.9 Å². The van der Waals surface area contributed by atoms with E-state index in [-0.39, 0.29) is 0 Å². The fraction of sp³-hybridized carbons (Fsp3) is 0.538. The van der Waals surface area contributed by atoms with E-state index in [9.17, 15) is 0 Å². The van der Waals surface area contributed by atoms with Gasteiger partial charge in [0, 0.05) is 17.9 Å². The Bertz CT molecular complexity index is 362. The fourth-order valence-corrected chi connectivity index (χ4v) is 2.35. The molecule has 0 spiro atoms.